The smallest absolute Gasteiger partial charge is 0.324 e. The molecule has 33 heavy (non-hydrogen) atoms. The molecule has 4 rings (SSSR count). The van der Waals surface area contributed by atoms with Crippen LogP contribution in [0.15, 0.2) is 40.9 Å². The molecule has 1 saturated heterocycles. The van der Waals surface area contributed by atoms with Crippen molar-refractivity contribution in [1.29, 1.82) is 0 Å². The van der Waals surface area contributed by atoms with Gasteiger partial charge >= 0.3 is 6.03 Å². The Balaban J connectivity index is 1.44. The van der Waals surface area contributed by atoms with Gasteiger partial charge in [-0.1, -0.05) is 28.9 Å². The van der Waals surface area contributed by atoms with Crippen LogP contribution in [0.25, 0.3) is 0 Å². The van der Waals surface area contributed by atoms with E-state index < -0.39 is 0 Å². The summed E-state index contributed by atoms with van der Waals surface area (Å²) in [5, 5.41) is 0. The van der Waals surface area contributed by atoms with Crippen molar-refractivity contribution >= 4 is 27.6 Å². The van der Waals surface area contributed by atoms with E-state index in [1.54, 1.807) is 14.2 Å². The molecule has 0 spiro atoms. The zero-order valence-corrected chi connectivity index (χ0v) is 21.3. The number of hydrogen-bond acceptors (Lipinski definition) is 4. The number of anilines is 1. The second-order valence-corrected chi connectivity index (χ2v) is 9.88. The summed E-state index contributed by atoms with van der Waals surface area (Å²) < 4.78 is 18.0. The van der Waals surface area contributed by atoms with Gasteiger partial charge in [0.25, 0.3) is 0 Å². The minimum Gasteiger partial charge on any atom is -0.496 e. The number of halogens is 1. The molecule has 2 aliphatic rings. The van der Waals surface area contributed by atoms with Gasteiger partial charge in [0.05, 0.1) is 27.4 Å². The fourth-order valence-electron chi connectivity index (χ4n) is 4.50. The number of hydrogen-bond donors (Lipinski definition) is 0. The van der Waals surface area contributed by atoms with Crippen molar-refractivity contribution in [3.63, 3.8) is 0 Å². The fraction of sp³-hybridized carbons (Fsp3) is 0.500. The highest BCUT2D eigenvalue weighted by Gasteiger charge is 2.31. The second kappa shape index (κ2) is 10.7. The van der Waals surface area contributed by atoms with Crippen molar-refractivity contribution in [2.45, 2.75) is 39.2 Å². The molecule has 0 bridgehead atoms. The van der Waals surface area contributed by atoms with Crippen molar-refractivity contribution in [3.8, 4) is 17.2 Å². The number of methoxy groups -OCH3 is 2. The lowest BCUT2D eigenvalue weighted by molar-refractivity contribution is 0.191. The number of rotatable bonds is 10. The van der Waals surface area contributed by atoms with Crippen molar-refractivity contribution in [3.05, 3.63) is 46.4 Å². The van der Waals surface area contributed by atoms with Crippen LogP contribution in [-0.2, 0) is 6.54 Å². The maximum atomic E-state index is 13.4. The third-order valence-electron chi connectivity index (χ3n) is 6.63. The average Bonchev–Trinajstić information content (AvgIpc) is 3.53. The summed E-state index contributed by atoms with van der Waals surface area (Å²) in [6.45, 7) is 4.87. The first-order valence-corrected chi connectivity index (χ1v) is 12.5. The third kappa shape index (κ3) is 5.75. The van der Waals surface area contributed by atoms with E-state index in [1.807, 2.05) is 46.2 Å². The van der Waals surface area contributed by atoms with E-state index >= 15 is 0 Å². The molecule has 178 valence electrons. The van der Waals surface area contributed by atoms with Gasteiger partial charge in [-0.15, -0.1) is 0 Å². The lowest BCUT2D eigenvalue weighted by Gasteiger charge is -2.36. The summed E-state index contributed by atoms with van der Waals surface area (Å²) in [5.74, 6) is 3.89. The monoisotopic (exact) mass is 516 g/mol. The van der Waals surface area contributed by atoms with E-state index in [0.717, 1.165) is 46.2 Å². The Bertz CT molecular complexity index is 983. The summed E-state index contributed by atoms with van der Waals surface area (Å²) in [5.41, 5.74) is 1.82. The standard InChI is InChI=1S/C26H33BrN2O4/c1-18-14-19(18)6-4-13-33-25-16-22(9-10-23(25)31-2)29-12-5-11-28(26(29)30)17-20-7-8-21(27)15-24(20)32-3/h7-10,15-16,18-19H,4-6,11-14,17H2,1-3H3/t18-,19+/m1/s1. The Morgan fingerprint density at radius 1 is 1.03 bits per heavy atom. The van der Waals surface area contributed by atoms with E-state index in [0.29, 0.717) is 37.7 Å². The first-order chi connectivity index (χ1) is 16.0. The molecule has 0 radical (unpaired) electrons. The molecule has 2 fully saturated rings. The topological polar surface area (TPSA) is 51.2 Å². The molecule has 0 aromatic heterocycles. The Labute approximate surface area is 204 Å². The Hall–Kier alpha value is -2.41. The highest BCUT2D eigenvalue weighted by atomic mass is 79.9. The zero-order chi connectivity index (χ0) is 23.4. The lowest BCUT2D eigenvalue weighted by Crippen LogP contribution is -2.49. The number of ether oxygens (including phenoxy) is 3. The molecule has 0 N–H and O–H groups in total. The number of carbonyl (C=O) groups excluding carboxylic acids is 1. The lowest BCUT2D eigenvalue weighted by atomic mass is 10.1. The molecule has 6 nitrogen and oxygen atoms in total. The fourth-order valence-corrected chi connectivity index (χ4v) is 4.84. The van der Waals surface area contributed by atoms with E-state index in [-0.39, 0.29) is 6.03 Å². The van der Waals surface area contributed by atoms with Crippen LogP contribution in [0.3, 0.4) is 0 Å². The van der Waals surface area contributed by atoms with Gasteiger partial charge in [-0.25, -0.2) is 4.79 Å². The van der Waals surface area contributed by atoms with Crippen LogP contribution < -0.4 is 19.1 Å². The summed E-state index contributed by atoms with van der Waals surface area (Å²) in [6, 6.07) is 11.6. The van der Waals surface area contributed by atoms with Crippen LogP contribution in [0.4, 0.5) is 10.5 Å². The minimum atomic E-state index is -0.00920. The van der Waals surface area contributed by atoms with Crippen LogP contribution >= 0.6 is 15.9 Å². The molecule has 1 heterocycles. The van der Waals surface area contributed by atoms with Gasteiger partial charge < -0.3 is 19.1 Å². The van der Waals surface area contributed by atoms with E-state index in [9.17, 15) is 4.79 Å². The third-order valence-corrected chi connectivity index (χ3v) is 7.13. The molecule has 1 aliphatic carbocycles. The zero-order valence-electron chi connectivity index (χ0n) is 19.7. The molecule has 2 atom stereocenters. The van der Waals surface area contributed by atoms with Crippen LogP contribution in [0.2, 0.25) is 0 Å². The van der Waals surface area contributed by atoms with Gasteiger partial charge in [-0.05, 0) is 61.8 Å². The average molecular weight is 517 g/mol. The van der Waals surface area contributed by atoms with Gasteiger partial charge in [0, 0.05) is 34.9 Å². The summed E-state index contributed by atoms with van der Waals surface area (Å²) in [6.07, 6.45) is 4.49. The largest absolute Gasteiger partial charge is 0.496 e. The summed E-state index contributed by atoms with van der Waals surface area (Å²) >= 11 is 3.48. The van der Waals surface area contributed by atoms with Crippen LogP contribution in [0.1, 0.15) is 38.2 Å². The maximum Gasteiger partial charge on any atom is 0.324 e. The van der Waals surface area contributed by atoms with Crippen molar-refractivity contribution in [2.75, 3.05) is 38.8 Å². The van der Waals surface area contributed by atoms with Crippen molar-refractivity contribution in [2.24, 2.45) is 11.8 Å². The Morgan fingerprint density at radius 2 is 1.82 bits per heavy atom. The second-order valence-electron chi connectivity index (χ2n) is 8.96. The number of amides is 2. The van der Waals surface area contributed by atoms with Crippen molar-refractivity contribution < 1.29 is 19.0 Å². The summed E-state index contributed by atoms with van der Waals surface area (Å²) in [4.78, 5) is 17.1. The van der Waals surface area contributed by atoms with Crippen LogP contribution in [-0.4, -0.2) is 44.8 Å². The molecule has 1 aliphatic heterocycles. The van der Waals surface area contributed by atoms with E-state index in [2.05, 4.69) is 22.9 Å². The summed E-state index contributed by atoms with van der Waals surface area (Å²) in [7, 11) is 3.30. The minimum absolute atomic E-state index is 0.00920. The quantitative estimate of drug-likeness (QED) is 0.357. The van der Waals surface area contributed by atoms with Gasteiger partial charge in [-0.2, -0.15) is 0 Å². The van der Waals surface area contributed by atoms with Gasteiger partial charge in [-0.3, -0.25) is 4.90 Å². The molecule has 0 unspecified atom stereocenters. The highest BCUT2D eigenvalue weighted by Crippen LogP contribution is 2.41. The molecular formula is C26H33BrN2O4. The number of nitrogens with zero attached hydrogens (tertiary/aromatic N) is 2. The molecule has 7 heteroatoms. The normalized spacial score (nSPS) is 20.1. The molecule has 2 aromatic rings. The molecule has 2 amide bonds. The highest BCUT2D eigenvalue weighted by molar-refractivity contribution is 9.10. The Kier molecular flexibility index (Phi) is 7.68. The predicted molar refractivity (Wildman–Crippen MR) is 133 cm³/mol. The first kappa shape index (κ1) is 23.7. The van der Waals surface area contributed by atoms with Gasteiger partial charge in [0.1, 0.15) is 5.75 Å². The molecular weight excluding hydrogens is 484 g/mol. The van der Waals surface area contributed by atoms with Crippen LogP contribution in [0.5, 0.6) is 17.2 Å². The van der Waals surface area contributed by atoms with E-state index in [1.165, 1.54) is 12.8 Å². The molecule has 1 saturated carbocycles. The number of carbonyl (C=O) groups is 1. The Morgan fingerprint density at radius 3 is 2.55 bits per heavy atom. The van der Waals surface area contributed by atoms with E-state index in [4.69, 9.17) is 14.2 Å². The van der Waals surface area contributed by atoms with Gasteiger partial charge in [0.2, 0.25) is 0 Å². The maximum absolute atomic E-state index is 13.4. The van der Waals surface area contributed by atoms with Crippen LogP contribution in [0, 0.1) is 11.8 Å². The van der Waals surface area contributed by atoms with Gasteiger partial charge in [0.15, 0.2) is 11.5 Å². The number of urea groups is 1. The predicted octanol–water partition coefficient (Wildman–Crippen LogP) is 6.11. The molecule has 2 aromatic carbocycles. The number of benzene rings is 2. The van der Waals surface area contributed by atoms with Crippen molar-refractivity contribution in [1.82, 2.24) is 4.90 Å². The first-order valence-electron chi connectivity index (χ1n) is 11.7. The SMILES string of the molecule is COc1cc(Br)ccc1CN1CCCN(c2ccc(OC)c(OCCC[C@H]3C[C@H]3C)c2)C1=O.